The maximum atomic E-state index is 12.3. The van der Waals surface area contributed by atoms with E-state index in [1.165, 1.54) is 32.1 Å². The van der Waals surface area contributed by atoms with Gasteiger partial charge in [0.15, 0.2) is 0 Å². The van der Waals surface area contributed by atoms with Crippen LogP contribution in [-0.2, 0) is 9.59 Å². The van der Waals surface area contributed by atoms with Crippen LogP contribution >= 0.6 is 0 Å². The maximum absolute atomic E-state index is 12.3. The molecule has 0 unspecified atom stereocenters. The molecule has 1 saturated heterocycles. The highest BCUT2D eigenvalue weighted by atomic mass is 16.2. The van der Waals surface area contributed by atoms with Crippen molar-refractivity contribution in [2.45, 2.75) is 45.1 Å². The molecule has 1 saturated carbocycles. The van der Waals surface area contributed by atoms with E-state index in [0.29, 0.717) is 25.7 Å². The molecule has 108 valence electrons. The van der Waals surface area contributed by atoms with Crippen LogP contribution in [0.3, 0.4) is 0 Å². The largest absolute Gasteiger partial charge is 0.353 e. The van der Waals surface area contributed by atoms with Gasteiger partial charge < -0.3 is 10.2 Å². The van der Waals surface area contributed by atoms with Crippen molar-refractivity contribution in [3.05, 3.63) is 0 Å². The van der Waals surface area contributed by atoms with Gasteiger partial charge in [-0.1, -0.05) is 26.2 Å². The van der Waals surface area contributed by atoms with Crippen molar-refractivity contribution in [1.29, 1.82) is 0 Å². The van der Waals surface area contributed by atoms with E-state index in [2.05, 4.69) is 17.1 Å². The summed E-state index contributed by atoms with van der Waals surface area (Å²) >= 11 is 0. The van der Waals surface area contributed by atoms with E-state index in [-0.39, 0.29) is 18.4 Å². The Kier molecular flexibility index (Phi) is 5.19. The van der Waals surface area contributed by atoms with Crippen molar-refractivity contribution < 1.29 is 9.59 Å². The molecule has 0 spiro atoms. The van der Waals surface area contributed by atoms with E-state index in [9.17, 15) is 9.59 Å². The first kappa shape index (κ1) is 14.3. The second kappa shape index (κ2) is 6.89. The number of nitrogens with one attached hydrogen (secondary N) is 1. The minimum absolute atomic E-state index is 0.0414. The van der Waals surface area contributed by atoms with Gasteiger partial charge in [0.1, 0.15) is 0 Å². The molecular formula is C14H25N3O2. The summed E-state index contributed by atoms with van der Waals surface area (Å²) in [5.41, 5.74) is 0. The van der Waals surface area contributed by atoms with Crippen molar-refractivity contribution in [3.63, 3.8) is 0 Å². The number of carbonyl (C=O) groups is 2. The van der Waals surface area contributed by atoms with Crippen LogP contribution < -0.4 is 5.32 Å². The molecule has 0 bridgehead atoms. The first-order valence-corrected chi connectivity index (χ1v) is 7.49. The SMILES string of the molecule is CCN(CC(=O)N1CCNC(=O)C1)C1CCCCC1. The summed E-state index contributed by atoms with van der Waals surface area (Å²) in [4.78, 5) is 27.5. The fourth-order valence-corrected chi connectivity index (χ4v) is 3.07. The van der Waals surface area contributed by atoms with Crippen LogP contribution in [0.2, 0.25) is 0 Å². The number of piperazine rings is 1. The Morgan fingerprint density at radius 1 is 1.37 bits per heavy atom. The molecule has 0 atom stereocenters. The molecule has 0 aromatic heterocycles. The fourth-order valence-electron chi connectivity index (χ4n) is 3.07. The molecule has 2 fully saturated rings. The van der Waals surface area contributed by atoms with Gasteiger partial charge in [0, 0.05) is 19.1 Å². The molecule has 0 aromatic rings. The first-order valence-electron chi connectivity index (χ1n) is 7.49. The number of rotatable bonds is 4. The lowest BCUT2D eigenvalue weighted by Crippen LogP contribution is -2.53. The van der Waals surface area contributed by atoms with E-state index < -0.39 is 0 Å². The van der Waals surface area contributed by atoms with Gasteiger partial charge in [-0.2, -0.15) is 0 Å². The summed E-state index contributed by atoms with van der Waals surface area (Å²) in [7, 11) is 0. The lowest BCUT2D eigenvalue weighted by atomic mass is 9.94. The fraction of sp³-hybridized carbons (Fsp3) is 0.857. The van der Waals surface area contributed by atoms with Gasteiger partial charge in [-0.05, 0) is 19.4 Å². The first-order chi connectivity index (χ1) is 9.20. The molecule has 2 aliphatic rings. The van der Waals surface area contributed by atoms with E-state index in [1.807, 2.05) is 0 Å². The summed E-state index contributed by atoms with van der Waals surface area (Å²) < 4.78 is 0. The minimum Gasteiger partial charge on any atom is -0.353 e. The van der Waals surface area contributed by atoms with Crippen LogP contribution in [0, 0.1) is 0 Å². The number of likely N-dealkylation sites (N-methyl/N-ethyl adjacent to an activating group) is 1. The Morgan fingerprint density at radius 3 is 2.74 bits per heavy atom. The summed E-state index contributed by atoms with van der Waals surface area (Å²) in [6, 6.07) is 0.557. The van der Waals surface area contributed by atoms with Gasteiger partial charge in [0.2, 0.25) is 11.8 Å². The van der Waals surface area contributed by atoms with E-state index in [4.69, 9.17) is 0 Å². The molecule has 2 amide bonds. The van der Waals surface area contributed by atoms with Crippen LogP contribution in [0.5, 0.6) is 0 Å². The molecule has 2 rings (SSSR count). The molecule has 1 aliphatic heterocycles. The Bertz CT molecular complexity index is 327. The highest BCUT2D eigenvalue weighted by Gasteiger charge is 2.26. The molecule has 19 heavy (non-hydrogen) atoms. The normalized spacial score (nSPS) is 21.6. The average Bonchev–Trinajstić information content (AvgIpc) is 2.45. The topological polar surface area (TPSA) is 52.7 Å². The van der Waals surface area contributed by atoms with Crippen LogP contribution in [-0.4, -0.2) is 60.4 Å². The predicted molar refractivity (Wildman–Crippen MR) is 73.7 cm³/mol. The van der Waals surface area contributed by atoms with Gasteiger partial charge >= 0.3 is 0 Å². The van der Waals surface area contributed by atoms with Gasteiger partial charge in [-0.15, -0.1) is 0 Å². The van der Waals surface area contributed by atoms with E-state index in [1.54, 1.807) is 4.90 Å². The van der Waals surface area contributed by atoms with Gasteiger partial charge in [0.25, 0.3) is 0 Å². The van der Waals surface area contributed by atoms with Crippen molar-refractivity contribution >= 4 is 11.8 Å². The molecule has 1 aliphatic carbocycles. The monoisotopic (exact) mass is 267 g/mol. The number of carbonyl (C=O) groups excluding carboxylic acids is 2. The Labute approximate surface area is 115 Å². The molecule has 1 heterocycles. The number of nitrogens with zero attached hydrogens (tertiary/aromatic N) is 2. The number of hydrogen-bond donors (Lipinski definition) is 1. The maximum Gasteiger partial charge on any atom is 0.239 e. The Morgan fingerprint density at radius 2 is 2.11 bits per heavy atom. The summed E-state index contributed by atoms with van der Waals surface area (Å²) in [6.45, 7) is 4.95. The minimum atomic E-state index is -0.0414. The van der Waals surface area contributed by atoms with Crippen LogP contribution in [0.4, 0.5) is 0 Å². The summed E-state index contributed by atoms with van der Waals surface area (Å²) in [6.07, 6.45) is 6.31. The third-order valence-electron chi connectivity index (χ3n) is 4.23. The number of hydrogen-bond acceptors (Lipinski definition) is 3. The quantitative estimate of drug-likeness (QED) is 0.811. The second-order valence-electron chi connectivity index (χ2n) is 5.52. The zero-order valence-corrected chi connectivity index (χ0v) is 11.9. The molecular weight excluding hydrogens is 242 g/mol. The van der Waals surface area contributed by atoms with Crippen LogP contribution in [0.1, 0.15) is 39.0 Å². The van der Waals surface area contributed by atoms with Crippen molar-refractivity contribution in [2.24, 2.45) is 0 Å². The number of amides is 2. The standard InChI is InChI=1S/C14H25N3O2/c1-2-16(12-6-4-3-5-7-12)11-14(19)17-9-8-15-13(18)10-17/h12H,2-11H2,1H3,(H,15,18). The third-order valence-corrected chi connectivity index (χ3v) is 4.23. The van der Waals surface area contributed by atoms with Gasteiger partial charge in [-0.3, -0.25) is 14.5 Å². The van der Waals surface area contributed by atoms with Crippen LogP contribution in [0.15, 0.2) is 0 Å². The van der Waals surface area contributed by atoms with Crippen molar-refractivity contribution in [2.75, 3.05) is 32.7 Å². The summed E-state index contributed by atoms with van der Waals surface area (Å²) in [5, 5.41) is 2.75. The zero-order chi connectivity index (χ0) is 13.7. The van der Waals surface area contributed by atoms with Gasteiger partial charge in [0.05, 0.1) is 13.1 Å². The molecule has 5 heteroatoms. The lowest BCUT2D eigenvalue weighted by molar-refractivity contribution is -0.139. The van der Waals surface area contributed by atoms with E-state index >= 15 is 0 Å². The molecule has 0 radical (unpaired) electrons. The molecule has 1 N–H and O–H groups in total. The van der Waals surface area contributed by atoms with Crippen molar-refractivity contribution in [3.8, 4) is 0 Å². The van der Waals surface area contributed by atoms with E-state index in [0.717, 1.165) is 6.54 Å². The molecule has 0 aromatic carbocycles. The predicted octanol–water partition coefficient (Wildman–Crippen LogP) is 0.599. The van der Waals surface area contributed by atoms with Crippen molar-refractivity contribution in [1.82, 2.24) is 15.1 Å². The Hall–Kier alpha value is -1.10. The smallest absolute Gasteiger partial charge is 0.239 e. The second-order valence-corrected chi connectivity index (χ2v) is 5.52. The average molecular weight is 267 g/mol. The third kappa shape index (κ3) is 3.93. The molecule has 5 nitrogen and oxygen atoms in total. The lowest BCUT2D eigenvalue weighted by Gasteiger charge is -2.35. The highest BCUT2D eigenvalue weighted by molar-refractivity contribution is 5.86. The summed E-state index contributed by atoms with van der Waals surface area (Å²) in [5.74, 6) is 0.0580. The van der Waals surface area contributed by atoms with Gasteiger partial charge in [-0.25, -0.2) is 0 Å². The zero-order valence-electron chi connectivity index (χ0n) is 11.9. The highest BCUT2D eigenvalue weighted by Crippen LogP contribution is 2.22. The van der Waals surface area contributed by atoms with Crippen LogP contribution in [0.25, 0.3) is 0 Å². The Balaban J connectivity index is 1.86.